The molecule has 1 aromatic carbocycles. The molecule has 24 heavy (non-hydrogen) atoms. The van der Waals surface area contributed by atoms with Crippen LogP contribution in [-0.4, -0.2) is 31.3 Å². The lowest BCUT2D eigenvalue weighted by molar-refractivity contribution is -0.122. The zero-order chi connectivity index (χ0) is 17.4. The molecule has 1 aromatic rings. The van der Waals surface area contributed by atoms with Gasteiger partial charge in [0, 0.05) is 24.1 Å². The van der Waals surface area contributed by atoms with E-state index in [1.165, 1.54) is 6.42 Å². The van der Waals surface area contributed by atoms with Crippen LogP contribution >= 0.6 is 11.6 Å². The number of amides is 1. The van der Waals surface area contributed by atoms with Gasteiger partial charge >= 0.3 is 0 Å². The number of ether oxygens (including phenoxy) is 2. The van der Waals surface area contributed by atoms with E-state index in [2.05, 4.69) is 12.2 Å². The fourth-order valence-electron chi connectivity index (χ4n) is 2.86. The van der Waals surface area contributed by atoms with Gasteiger partial charge in [-0.25, -0.2) is 0 Å². The first-order valence-corrected chi connectivity index (χ1v) is 9.22. The van der Waals surface area contributed by atoms with E-state index in [0.717, 1.165) is 42.2 Å². The van der Waals surface area contributed by atoms with Crippen LogP contribution in [0.3, 0.4) is 0 Å². The first-order chi connectivity index (χ1) is 11.5. The van der Waals surface area contributed by atoms with E-state index in [0.29, 0.717) is 25.6 Å². The number of hydrogen-bond acceptors (Lipinski definition) is 3. The highest BCUT2D eigenvalue weighted by Gasteiger charge is 2.17. The third-order valence-electron chi connectivity index (χ3n) is 4.30. The van der Waals surface area contributed by atoms with E-state index in [1.54, 1.807) is 0 Å². The lowest BCUT2D eigenvalue weighted by atomic mass is 10.1. The Morgan fingerprint density at radius 2 is 2.33 bits per heavy atom. The van der Waals surface area contributed by atoms with E-state index < -0.39 is 0 Å². The molecule has 1 fully saturated rings. The highest BCUT2D eigenvalue weighted by Crippen LogP contribution is 2.21. The van der Waals surface area contributed by atoms with Crippen molar-refractivity contribution in [3.8, 4) is 5.75 Å². The average molecular weight is 354 g/mol. The monoisotopic (exact) mass is 353 g/mol. The van der Waals surface area contributed by atoms with Crippen molar-refractivity contribution < 1.29 is 14.3 Å². The van der Waals surface area contributed by atoms with Crippen LogP contribution in [0.4, 0.5) is 0 Å². The van der Waals surface area contributed by atoms with E-state index in [4.69, 9.17) is 21.1 Å². The number of hydrogen-bond donors (Lipinski definition) is 1. The van der Waals surface area contributed by atoms with Crippen molar-refractivity contribution in [3.05, 3.63) is 28.8 Å². The molecule has 2 atom stereocenters. The molecular formula is C19H28ClNO3. The molecule has 1 amide bonds. The van der Waals surface area contributed by atoms with Crippen LogP contribution < -0.4 is 10.1 Å². The third-order valence-corrected chi connectivity index (χ3v) is 4.72. The van der Waals surface area contributed by atoms with Crippen molar-refractivity contribution in [3.63, 3.8) is 0 Å². The largest absolute Gasteiger partial charge is 0.494 e. The van der Waals surface area contributed by atoms with E-state index in [1.807, 2.05) is 25.1 Å². The number of rotatable bonds is 9. The van der Waals surface area contributed by atoms with E-state index >= 15 is 0 Å². The molecule has 134 valence electrons. The second-order valence-corrected chi connectivity index (χ2v) is 6.95. The van der Waals surface area contributed by atoms with Gasteiger partial charge in [0.05, 0.1) is 12.7 Å². The zero-order valence-corrected chi connectivity index (χ0v) is 15.4. The van der Waals surface area contributed by atoms with Gasteiger partial charge in [-0.05, 0) is 69.7 Å². The molecule has 4 nitrogen and oxygen atoms in total. The fourth-order valence-corrected chi connectivity index (χ4v) is 2.97. The van der Waals surface area contributed by atoms with Gasteiger partial charge in [-0.3, -0.25) is 4.79 Å². The summed E-state index contributed by atoms with van der Waals surface area (Å²) >= 11 is 5.98. The number of carbonyl (C=O) groups is 1. The molecule has 1 heterocycles. The minimum absolute atomic E-state index is 0.0886. The standard InChI is InChI=1S/C19H28ClNO3/c1-14-13-17(9-10-18(14)20)24-12-4-6-19(22)21-15(2)7-8-16-5-3-11-23-16/h9-10,13,15-16H,3-8,11-12H2,1-2H3,(H,21,22). The maximum atomic E-state index is 11.9. The Morgan fingerprint density at radius 3 is 3.04 bits per heavy atom. The number of aryl methyl sites for hydroxylation is 1. The van der Waals surface area contributed by atoms with Crippen molar-refractivity contribution in [1.29, 1.82) is 0 Å². The first-order valence-electron chi connectivity index (χ1n) is 8.84. The topological polar surface area (TPSA) is 47.6 Å². The molecule has 1 aliphatic heterocycles. The Morgan fingerprint density at radius 1 is 1.50 bits per heavy atom. The van der Waals surface area contributed by atoms with Gasteiger partial charge in [-0.15, -0.1) is 0 Å². The summed E-state index contributed by atoms with van der Waals surface area (Å²) in [5, 5.41) is 3.79. The van der Waals surface area contributed by atoms with Crippen molar-refractivity contribution in [2.75, 3.05) is 13.2 Å². The number of halogens is 1. The van der Waals surface area contributed by atoms with Gasteiger partial charge in [-0.2, -0.15) is 0 Å². The summed E-state index contributed by atoms with van der Waals surface area (Å²) in [6.07, 6.45) is 5.89. The van der Waals surface area contributed by atoms with Crippen LogP contribution in [0.15, 0.2) is 18.2 Å². The minimum atomic E-state index is 0.0886. The molecule has 1 saturated heterocycles. The second-order valence-electron chi connectivity index (χ2n) is 6.54. The fraction of sp³-hybridized carbons (Fsp3) is 0.632. The summed E-state index contributed by atoms with van der Waals surface area (Å²) in [6, 6.07) is 5.79. The molecule has 2 rings (SSSR count). The highest BCUT2D eigenvalue weighted by atomic mass is 35.5. The van der Waals surface area contributed by atoms with Gasteiger partial charge in [0.15, 0.2) is 0 Å². The summed E-state index contributed by atoms with van der Waals surface area (Å²) in [5.74, 6) is 0.882. The normalized spacial score (nSPS) is 18.4. The molecule has 0 saturated carbocycles. The molecule has 0 aromatic heterocycles. The van der Waals surface area contributed by atoms with Gasteiger partial charge in [0.25, 0.3) is 0 Å². The third kappa shape index (κ3) is 6.70. The molecular weight excluding hydrogens is 326 g/mol. The maximum absolute atomic E-state index is 11.9. The van der Waals surface area contributed by atoms with Gasteiger partial charge in [0.1, 0.15) is 5.75 Å². The number of carbonyl (C=O) groups excluding carboxylic acids is 1. The second kappa shape index (κ2) is 9.90. The molecule has 5 heteroatoms. The van der Waals surface area contributed by atoms with Crippen LogP contribution in [0.2, 0.25) is 5.02 Å². The van der Waals surface area contributed by atoms with Crippen LogP contribution in [0.5, 0.6) is 5.75 Å². The lowest BCUT2D eigenvalue weighted by Gasteiger charge is -2.16. The summed E-state index contributed by atoms with van der Waals surface area (Å²) in [5.41, 5.74) is 0.993. The highest BCUT2D eigenvalue weighted by molar-refractivity contribution is 6.31. The van der Waals surface area contributed by atoms with Gasteiger partial charge < -0.3 is 14.8 Å². The van der Waals surface area contributed by atoms with Crippen molar-refractivity contribution in [2.24, 2.45) is 0 Å². The minimum Gasteiger partial charge on any atom is -0.494 e. The van der Waals surface area contributed by atoms with Crippen LogP contribution in [0.25, 0.3) is 0 Å². The first kappa shape index (κ1) is 19.1. The van der Waals surface area contributed by atoms with E-state index in [9.17, 15) is 4.79 Å². The predicted octanol–water partition coefficient (Wildman–Crippen LogP) is 4.27. The molecule has 2 unspecified atom stereocenters. The van der Waals surface area contributed by atoms with Crippen LogP contribution in [-0.2, 0) is 9.53 Å². The quantitative estimate of drug-likeness (QED) is 0.674. The Kier molecular flexibility index (Phi) is 7.86. The molecule has 0 spiro atoms. The van der Waals surface area contributed by atoms with Crippen LogP contribution in [0.1, 0.15) is 51.0 Å². The Balaban J connectivity index is 1.56. The average Bonchev–Trinajstić information content (AvgIpc) is 3.06. The number of nitrogens with one attached hydrogen (secondary N) is 1. The smallest absolute Gasteiger partial charge is 0.220 e. The Bertz CT molecular complexity index is 529. The van der Waals surface area contributed by atoms with Gasteiger partial charge in [0.2, 0.25) is 5.91 Å². The molecule has 0 bridgehead atoms. The molecule has 0 radical (unpaired) electrons. The summed E-state index contributed by atoms with van der Waals surface area (Å²) in [4.78, 5) is 11.9. The zero-order valence-electron chi connectivity index (χ0n) is 14.6. The molecule has 1 aliphatic rings. The van der Waals surface area contributed by atoms with Crippen LogP contribution in [0, 0.1) is 6.92 Å². The summed E-state index contributed by atoms with van der Waals surface area (Å²) < 4.78 is 11.3. The SMILES string of the molecule is Cc1cc(OCCCC(=O)NC(C)CCC2CCCO2)ccc1Cl. The lowest BCUT2D eigenvalue weighted by Crippen LogP contribution is -2.33. The summed E-state index contributed by atoms with van der Waals surface area (Å²) in [7, 11) is 0. The van der Waals surface area contributed by atoms with E-state index in [-0.39, 0.29) is 11.9 Å². The van der Waals surface area contributed by atoms with Crippen molar-refractivity contribution >= 4 is 17.5 Å². The number of benzene rings is 1. The molecule has 0 aliphatic carbocycles. The molecule has 1 N–H and O–H groups in total. The Labute approximate surface area is 149 Å². The van der Waals surface area contributed by atoms with Crippen molar-refractivity contribution in [1.82, 2.24) is 5.32 Å². The van der Waals surface area contributed by atoms with Crippen molar-refractivity contribution in [2.45, 2.75) is 64.5 Å². The summed E-state index contributed by atoms with van der Waals surface area (Å²) in [6.45, 7) is 5.41. The Hall–Kier alpha value is -1.26. The predicted molar refractivity (Wildman–Crippen MR) is 96.7 cm³/mol. The van der Waals surface area contributed by atoms with Gasteiger partial charge in [-0.1, -0.05) is 11.6 Å². The maximum Gasteiger partial charge on any atom is 0.220 e.